The first-order chi connectivity index (χ1) is 7.68. The summed E-state index contributed by atoms with van der Waals surface area (Å²) in [7, 11) is 0. The molecule has 0 saturated carbocycles. The molecule has 0 unspecified atom stereocenters. The molecule has 1 heteroatoms. The van der Waals surface area contributed by atoms with E-state index in [9.17, 15) is 0 Å². The van der Waals surface area contributed by atoms with Gasteiger partial charge in [0.05, 0.1) is 0 Å². The fourth-order valence-electron chi connectivity index (χ4n) is 2.00. The summed E-state index contributed by atoms with van der Waals surface area (Å²) in [5.41, 5.74) is 2.82. The number of aromatic nitrogens is 1. The van der Waals surface area contributed by atoms with E-state index < -0.39 is 0 Å². The second-order valence-corrected chi connectivity index (χ2v) is 4.79. The van der Waals surface area contributed by atoms with Crippen molar-refractivity contribution >= 4 is 0 Å². The predicted octanol–water partition coefficient (Wildman–Crippen LogP) is 3.60. The zero-order chi connectivity index (χ0) is 11.4. The van der Waals surface area contributed by atoms with E-state index in [2.05, 4.69) is 55.2 Å². The summed E-state index contributed by atoms with van der Waals surface area (Å²) in [6, 6.07) is 14.8. The molecular weight excluding hydrogens is 194 g/mol. The largest absolute Gasteiger partial charge is 0.264 e. The van der Waals surface area contributed by atoms with Crippen molar-refractivity contribution in [1.82, 2.24) is 4.98 Å². The van der Waals surface area contributed by atoms with Gasteiger partial charge >= 0.3 is 0 Å². The van der Waals surface area contributed by atoms with Crippen LogP contribution in [0.25, 0.3) is 0 Å². The molecule has 1 nitrogen and oxygen atoms in total. The van der Waals surface area contributed by atoms with Crippen LogP contribution >= 0.6 is 0 Å². The van der Waals surface area contributed by atoms with E-state index >= 15 is 0 Å². The van der Waals surface area contributed by atoms with Crippen LogP contribution in [0, 0.1) is 0 Å². The van der Waals surface area contributed by atoms with E-state index in [0.717, 1.165) is 6.42 Å². The normalized spacial score (nSPS) is 11.4. The molecule has 0 aliphatic carbocycles. The molecule has 2 rings (SSSR count). The fraction of sp³-hybridized carbons (Fsp3) is 0.267. The maximum Gasteiger partial charge on any atom is 0.0300 e. The minimum atomic E-state index is 0.157. The van der Waals surface area contributed by atoms with Gasteiger partial charge in [-0.15, -0.1) is 0 Å². The Morgan fingerprint density at radius 1 is 1.00 bits per heavy atom. The van der Waals surface area contributed by atoms with Crippen LogP contribution in [0.4, 0.5) is 0 Å². The number of rotatable bonds is 3. The van der Waals surface area contributed by atoms with Crippen molar-refractivity contribution in [1.29, 1.82) is 0 Å². The topological polar surface area (TPSA) is 12.9 Å². The van der Waals surface area contributed by atoms with E-state index in [4.69, 9.17) is 0 Å². The zero-order valence-corrected chi connectivity index (χ0v) is 9.85. The second-order valence-electron chi connectivity index (χ2n) is 4.79. The Kier molecular flexibility index (Phi) is 3.04. The zero-order valence-electron chi connectivity index (χ0n) is 9.85. The Morgan fingerprint density at radius 2 is 1.75 bits per heavy atom. The van der Waals surface area contributed by atoms with E-state index in [0.29, 0.717) is 0 Å². The van der Waals surface area contributed by atoms with Crippen LogP contribution in [0.3, 0.4) is 0 Å². The number of hydrogen-bond donors (Lipinski definition) is 0. The first-order valence-electron chi connectivity index (χ1n) is 5.63. The van der Waals surface area contributed by atoms with Crippen LogP contribution in [-0.2, 0) is 11.8 Å². The molecule has 0 N–H and O–H groups in total. The molecule has 0 aliphatic rings. The quantitative estimate of drug-likeness (QED) is 0.756. The van der Waals surface area contributed by atoms with Gasteiger partial charge in [0.1, 0.15) is 0 Å². The fourth-order valence-corrected chi connectivity index (χ4v) is 2.00. The van der Waals surface area contributed by atoms with Gasteiger partial charge in [-0.25, -0.2) is 0 Å². The molecule has 0 amide bonds. The molecule has 1 aromatic heterocycles. The monoisotopic (exact) mass is 211 g/mol. The Bertz CT molecular complexity index is 432. The highest BCUT2D eigenvalue weighted by Crippen LogP contribution is 2.26. The lowest BCUT2D eigenvalue weighted by atomic mass is 9.79. The van der Waals surface area contributed by atoms with Crippen LogP contribution in [0.2, 0.25) is 0 Å². The summed E-state index contributed by atoms with van der Waals surface area (Å²) in [5.74, 6) is 0. The third kappa shape index (κ3) is 2.48. The molecule has 0 fully saturated rings. The molecule has 0 saturated heterocycles. The van der Waals surface area contributed by atoms with Crippen LogP contribution in [-0.4, -0.2) is 4.98 Å². The number of benzene rings is 1. The molecule has 2 aromatic rings. The highest BCUT2D eigenvalue weighted by molar-refractivity contribution is 5.26. The average molecular weight is 211 g/mol. The van der Waals surface area contributed by atoms with Crippen molar-refractivity contribution in [2.45, 2.75) is 25.7 Å². The minimum Gasteiger partial charge on any atom is -0.264 e. The van der Waals surface area contributed by atoms with Gasteiger partial charge in [-0.05, 0) is 29.0 Å². The predicted molar refractivity (Wildman–Crippen MR) is 67.4 cm³/mol. The summed E-state index contributed by atoms with van der Waals surface area (Å²) < 4.78 is 0. The smallest absolute Gasteiger partial charge is 0.0300 e. The molecule has 0 bridgehead atoms. The lowest BCUT2D eigenvalue weighted by Gasteiger charge is -2.25. The summed E-state index contributed by atoms with van der Waals surface area (Å²) in [6.45, 7) is 4.55. The minimum absolute atomic E-state index is 0.157. The SMILES string of the molecule is CC(C)(Cc1cccnc1)c1ccccc1. The van der Waals surface area contributed by atoms with Gasteiger partial charge in [-0.2, -0.15) is 0 Å². The Balaban J connectivity index is 2.21. The van der Waals surface area contributed by atoms with Crippen molar-refractivity contribution in [3.8, 4) is 0 Å². The van der Waals surface area contributed by atoms with Gasteiger partial charge in [-0.1, -0.05) is 50.2 Å². The Morgan fingerprint density at radius 3 is 2.38 bits per heavy atom. The first-order valence-corrected chi connectivity index (χ1v) is 5.63. The van der Waals surface area contributed by atoms with E-state index in [1.807, 2.05) is 18.5 Å². The molecule has 1 heterocycles. The standard InChI is InChI=1S/C15H17N/c1-15(2,14-8-4-3-5-9-14)11-13-7-6-10-16-12-13/h3-10,12H,11H2,1-2H3. The molecule has 0 aliphatic heterocycles. The van der Waals surface area contributed by atoms with Gasteiger partial charge in [0.25, 0.3) is 0 Å². The van der Waals surface area contributed by atoms with Crippen molar-refractivity contribution < 1.29 is 0 Å². The lowest BCUT2D eigenvalue weighted by Crippen LogP contribution is -2.20. The lowest BCUT2D eigenvalue weighted by molar-refractivity contribution is 0.521. The third-order valence-electron chi connectivity index (χ3n) is 2.92. The Labute approximate surface area is 97.2 Å². The van der Waals surface area contributed by atoms with Gasteiger partial charge in [0.15, 0.2) is 0 Å². The molecule has 1 aromatic carbocycles. The molecule has 0 atom stereocenters. The number of hydrogen-bond acceptors (Lipinski definition) is 1. The summed E-state index contributed by atoms with van der Waals surface area (Å²) in [5, 5.41) is 0. The van der Waals surface area contributed by atoms with Crippen LogP contribution in [0.5, 0.6) is 0 Å². The maximum atomic E-state index is 4.16. The van der Waals surface area contributed by atoms with E-state index in [1.165, 1.54) is 11.1 Å². The number of nitrogens with zero attached hydrogens (tertiary/aromatic N) is 1. The summed E-state index contributed by atoms with van der Waals surface area (Å²) >= 11 is 0. The van der Waals surface area contributed by atoms with Crippen LogP contribution in [0.15, 0.2) is 54.9 Å². The van der Waals surface area contributed by atoms with Crippen molar-refractivity contribution in [3.05, 3.63) is 66.0 Å². The molecular formula is C15H17N. The Hall–Kier alpha value is -1.63. The van der Waals surface area contributed by atoms with Crippen LogP contribution < -0.4 is 0 Å². The molecule has 0 radical (unpaired) electrons. The number of pyridine rings is 1. The average Bonchev–Trinajstić information content (AvgIpc) is 2.31. The first kappa shape index (κ1) is 10.9. The van der Waals surface area contributed by atoms with Crippen molar-refractivity contribution in [2.24, 2.45) is 0 Å². The van der Waals surface area contributed by atoms with E-state index in [1.54, 1.807) is 0 Å². The van der Waals surface area contributed by atoms with Gasteiger partial charge < -0.3 is 0 Å². The maximum absolute atomic E-state index is 4.16. The summed E-state index contributed by atoms with van der Waals surface area (Å²) in [6.07, 6.45) is 4.79. The molecule has 0 spiro atoms. The van der Waals surface area contributed by atoms with Gasteiger partial charge in [0, 0.05) is 12.4 Å². The van der Waals surface area contributed by atoms with Gasteiger partial charge in [0.2, 0.25) is 0 Å². The highest BCUT2D eigenvalue weighted by atomic mass is 14.6. The molecule has 16 heavy (non-hydrogen) atoms. The van der Waals surface area contributed by atoms with Crippen molar-refractivity contribution in [3.63, 3.8) is 0 Å². The third-order valence-corrected chi connectivity index (χ3v) is 2.92. The molecule has 82 valence electrons. The highest BCUT2D eigenvalue weighted by Gasteiger charge is 2.20. The van der Waals surface area contributed by atoms with Crippen molar-refractivity contribution in [2.75, 3.05) is 0 Å². The van der Waals surface area contributed by atoms with E-state index in [-0.39, 0.29) is 5.41 Å². The second kappa shape index (κ2) is 4.48. The van der Waals surface area contributed by atoms with Crippen LogP contribution in [0.1, 0.15) is 25.0 Å². The summed E-state index contributed by atoms with van der Waals surface area (Å²) in [4.78, 5) is 4.16. The van der Waals surface area contributed by atoms with Gasteiger partial charge in [-0.3, -0.25) is 4.98 Å².